The number of Topliss-reactive ketones (excluding diaryl/α,β-unsaturated/α-hetero) is 1. The van der Waals surface area contributed by atoms with Crippen LogP contribution in [0, 0.1) is 5.92 Å². The number of ketones is 1. The van der Waals surface area contributed by atoms with Gasteiger partial charge in [0.1, 0.15) is 5.78 Å². The molecule has 0 bridgehead atoms. The first kappa shape index (κ1) is 27.7. The topological polar surface area (TPSA) is 17.1 Å². The number of rotatable bonds is 10. The van der Waals surface area contributed by atoms with E-state index in [0.29, 0.717) is 0 Å². The molecule has 0 aromatic rings. The lowest BCUT2D eigenvalue weighted by Crippen LogP contribution is -2.56. The van der Waals surface area contributed by atoms with Crippen molar-refractivity contribution in [2.24, 2.45) is 5.92 Å². The van der Waals surface area contributed by atoms with E-state index in [-0.39, 0.29) is 0 Å². The highest BCUT2D eigenvalue weighted by Gasteiger charge is 2.75. The van der Waals surface area contributed by atoms with Crippen LogP contribution in [0.4, 0.5) is 61.5 Å². The van der Waals surface area contributed by atoms with Crippen molar-refractivity contribution in [3.63, 3.8) is 0 Å². The van der Waals surface area contributed by atoms with Crippen LogP contribution in [0.3, 0.4) is 0 Å². The summed E-state index contributed by atoms with van der Waals surface area (Å²) in [6, 6.07) is 0. The van der Waals surface area contributed by atoms with Gasteiger partial charge in [0.15, 0.2) is 0 Å². The predicted molar refractivity (Wildman–Crippen MR) is 69.2 cm³/mol. The average Bonchev–Trinajstić information content (AvgIpc) is 2.50. The van der Waals surface area contributed by atoms with E-state index in [1.807, 2.05) is 0 Å². The maximum Gasteiger partial charge on any atom is 0.459 e. The van der Waals surface area contributed by atoms with E-state index in [1.54, 1.807) is 0 Å². The van der Waals surface area contributed by atoms with Gasteiger partial charge in [-0.05, 0) is 6.42 Å². The summed E-state index contributed by atoms with van der Waals surface area (Å²) < 4.78 is 178. The average molecular weight is 464 g/mol. The monoisotopic (exact) mass is 464 g/mol. The van der Waals surface area contributed by atoms with Crippen LogP contribution in [-0.2, 0) is 4.79 Å². The Morgan fingerprint density at radius 2 is 1.14 bits per heavy atom. The molecule has 1 unspecified atom stereocenters. The largest absolute Gasteiger partial charge is 0.459 e. The molecule has 0 rings (SSSR count). The van der Waals surface area contributed by atoms with Gasteiger partial charge < -0.3 is 0 Å². The molecule has 0 heterocycles. The Morgan fingerprint density at radius 3 is 1.48 bits per heavy atom. The quantitative estimate of drug-likeness (QED) is 0.325. The van der Waals surface area contributed by atoms with Gasteiger partial charge in [0.25, 0.3) is 0 Å². The van der Waals surface area contributed by atoms with Crippen LogP contribution >= 0.6 is 0 Å². The summed E-state index contributed by atoms with van der Waals surface area (Å²) in [6.45, 7) is 1.05. The molecular weight excluding hydrogens is 450 g/mol. The van der Waals surface area contributed by atoms with Gasteiger partial charge in [-0.25, -0.2) is 0 Å². The Labute approximate surface area is 154 Å². The number of hydrogen-bond acceptors (Lipinski definition) is 1. The molecule has 174 valence electrons. The normalized spacial score (nSPS) is 16.1. The summed E-state index contributed by atoms with van der Waals surface area (Å²) >= 11 is 0. The van der Waals surface area contributed by atoms with Crippen LogP contribution in [0.15, 0.2) is 0 Å². The lowest BCUT2D eigenvalue weighted by Gasteiger charge is -2.34. The van der Waals surface area contributed by atoms with Crippen LogP contribution in [0.25, 0.3) is 0 Å². The van der Waals surface area contributed by atoms with Crippen molar-refractivity contribution in [2.75, 3.05) is 0 Å². The third-order valence-corrected chi connectivity index (χ3v) is 3.93. The molecular formula is C14H14F14O. The number of alkyl halides is 14. The maximum absolute atomic E-state index is 13.7. The van der Waals surface area contributed by atoms with E-state index in [1.165, 1.54) is 0 Å². The van der Waals surface area contributed by atoms with E-state index in [4.69, 9.17) is 0 Å². The van der Waals surface area contributed by atoms with Crippen LogP contribution in [0.5, 0.6) is 0 Å². The summed E-state index contributed by atoms with van der Waals surface area (Å²) in [5, 5.41) is 0. The fourth-order valence-electron chi connectivity index (χ4n) is 2.24. The fourth-order valence-corrected chi connectivity index (χ4v) is 2.24. The SMILES string of the molecule is CCCC(CC(=O)CCC(F)(F)C(F)(F)C(F)(F)F)C(F)(F)C(F)(F)C(F)(F)F. The lowest BCUT2D eigenvalue weighted by atomic mass is 9.85. The predicted octanol–water partition coefficient (Wildman–Crippen LogP) is 6.81. The minimum atomic E-state index is -6.73. The van der Waals surface area contributed by atoms with Gasteiger partial charge in [-0.2, -0.15) is 61.5 Å². The third-order valence-electron chi connectivity index (χ3n) is 3.93. The summed E-state index contributed by atoms with van der Waals surface area (Å²) in [6.07, 6.45) is -21.2. The van der Waals surface area contributed by atoms with Gasteiger partial charge in [-0.3, -0.25) is 4.79 Å². The molecule has 29 heavy (non-hydrogen) atoms. The second kappa shape index (κ2) is 8.44. The first-order chi connectivity index (χ1) is 12.6. The van der Waals surface area contributed by atoms with Crippen molar-refractivity contribution in [1.29, 1.82) is 0 Å². The third kappa shape index (κ3) is 5.64. The summed E-state index contributed by atoms with van der Waals surface area (Å²) in [4.78, 5) is 11.5. The van der Waals surface area contributed by atoms with E-state index in [0.717, 1.165) is 6.92 Å². The summed E-state index contributed by atoms with van der Waals surface area (Å²) in [5.74, 6) is -29.8. The minimum absolute atomic E-state index is 0.455. The molecule has 0 N–H and O–H groups in total. The molecule has 1 atom stereocenters. The van der Waals surface area contributed by atoms with Gasteiger partial charge >= 0.3 is 36.0 Å². The zero-order chi connectivity index (χ0) is 23.7. The molecule has 0 saturated heterocycles. The summed E-state index contributed by atoms with van der Waals surface area (Å²) in [5.41, 5.74) is 0. The van der Waals surface area contributed by atoms with Crippen LogP contribution < -0.4 is 0 Å². The molecule has 0 aromatic heterocycles. The Hall–Kier alpha value is -1.31. The first-order valence-corrected chi connectivity index (χ1v) is 7.72. The summed E-state index contributed by atoms with van der Waals surface area (Å²) in [7, 11) is 0. The molecule has 0 aliphatic rings. The number of carbonyl (C=O) groups excluding carboxylic acids is 1. The van der Waals surface area contributed by atoms with Gasteiger partial charge in [-0.1, -0.05) is 13.3 Å². The molecule has 15 heteroatoms. The second-order valence-corrected chi connectivity index (χ2v) is 6.20. The molecule has 0 aliphatic carbocycles. The van der Waals surface area contributed by atoms with Crippen molar-refractivity contribution >= 4 is 5.78 Å². The molecule has 0 fully saturated rings. The van der Waals surface area contributed by atoms with Gasteiger partial charge in [0.05, 0.1) is 0 Å². The number of halogens is 14. The van der Waals surface area contributed by atoms with Crippen LogP contribution in [0.1, 0.15) is 39.0 Å². The Bertz CT molecular complexity index is 560. The number of hydrogen-bond donors (Lipinski definition) is 0. The molecule has 1 nitrogen and oxygen atoms in total. The Kier molecular flexibility index (Phi) is 8.06. The van der Waals surface area contributed by atoms with Crippen molar-refractivity contribution in [3.8, 4) is 0 Å². The van der Waals surface area contributed by atoms with Crippen molar-refractivity contribution in [1.82, 2.24) is 0 Å². The molecule has 0 spiro atoms. The van der Waals surface area contributed by atoms with Gasteiger partial charge in [0.2, 0.25) is 0 Å². The highest BCUT2D eigenvalue weighted by atomic mass is 19.4. The molecule has 0 aromatic carbocycles. The smallest absolute Gasteiger partial charge is 0.300 e. The van der Waals surface area contributed by atoms with Crippen LogP contribution in [0.2, 0.25) is 0 Å². The van der Waals surface area contributed by atoms with E-state index in [2.05, 4.69) is 0 Å². The van der Waals surface area contributed by atoms with Gasteiger partial charge in [0, 0.05) is 25.2 Å². The highest BCUT2D eigenvalue weighted by molar-refractivity contribution is 5.78. The van der Waals surface area contributed by atoms with E-state index < -0.39 is 79.8 Å². The fraction of sp³-hybridized carbons (Fsp3) is 0.929. The second-order valence-electron chi connectivity index (χ2n) is 6.20. The van der Waals surface area contributed by atoms with Crippen molar-refractivity contribution in [2.45, 2.75) is 75.1 Å². The molecule has 0 aliphatic heterocycles. The Balaban J connectivity index is 5.42. The lowest BCUT2D eigenvalue weighted by molar-refractivity contribution is -0.366. The molecule has 0 amide bonds. The first-order valence-electron chi connectivity index (χ1n) is 7.72. The minimum Gasteiger partial charge on any atom is -0.300 e. The van der Waals surface area contributed by atoms with Crippen LogP contribution in [-0.4, -0.2) is 41.8 Å². The van der Waals surface area contributed by atoms with Gasteiger partial charge in [-0.15, -0.1) is 0 Å². The Morgan fingerprint density at radius 1 is 0.724 bits per heavy atom. The zero-order valence-corrected chi connectivity index (χ0v) is 14.3. The van der Waals surface area contributed by atoms with Crippen molar-refractivity contribution < 1.29 is 66.3 Å². The van der Waals surface area contributed by atoms with E-state index >= 15 is 0 Å². The maximum atomic E-state index is 13.7. The zero-order valence-electron chi connectivity index (χ0n) is 14.3. The van der Waals surface area contributed by atoms with E-state index in [9.17, 15) is 66.3 Å². The van der Waals surface area contributed by atoms with Crippen molar-refractivity contribution in [3.05, 3.63) is 0 Å². The standard InChI is InChI=1S/C14H14F14O/c1-2-3-7(10(17,18)12(21,22)14(26,27)28)6-8(29)4-5-9(15,16)11(19,20)13(23,24)25/h7H,2-6H2,1H3. The highest BCUT2D eigenvalue weighted by Crippen LogP contribution is 2.52. The molecule has 0 saturated carbocycles. The molecule has 0 radical (unpaired) electrons. The number of carbonyl (C=O) groups is 1.